The van der Waals surface area contributed by atoms with Crippen LogP contribution in [-0.2, 0) is 0 Å². The van der Waals surface area contributed by atoms with Gasteiger partial charge in [-0.2, -0.15) is 0 Å². The number of rotatable bonds is 6. The summed E-state index contributed by atoms with van der Waals surface area (Å²) in [5.41, 5.74) is 6.96. The van der Waals surface area contributed by atoms with Gasteiger partial charge in [0.2, 0.25) is 0 Å². The summed E-state index contributed by atoms with van der Waals surface area (Å²) in [5, 5.41) is 0. The minimum atomic E-state index is 0.0663. The maximum Gasteiger partial charge on any atom is 0.119 e. The minimum Gasteiger partial charge on any atom is -0.493 e. The topological polar surface area (TPSA) is 35.2 Å². The van der Waals surface area contributed by atoms with Crippen molar-refractivity contribution < 1.29 is 4.74 Å². The van der Waals surface area contributed by atoms with Gasteiger partial charge in [-0.1, -0.05) is 32.4 Å². The maximum atomic E-state index is 5.83. The van der Waals surface area contributed by atoms with Crippen LogP contribution in [0.4, 0.5) is 0 Å². The number of nitrogens with two attached hydrogens (primary N) is 1. The zero-order chi connectivity index (χ0) is 12.0. The van der Waals surface area contributed by atoms with E-state index in [1.54, 1.807) is 0 Å². The molecule has 16 heavy (non-hydrogen) atoms. The Balaban J connectivity index is 2.50. The third-order valence-corrected chi connectivity index (χ3v) is 2.70. The van der Waals surface area contributed by atoms with E-state index >= 15 is 0 Å². The monoisotopic (exact) mass is 221 g/mol. The molecular weight excluding hydrogens is 198 g/mol. The quantitative estimate of drug-likeness (QED) is 0.797. The highest BCUT2D eigenvalue weighted by atomic mass is 16.5. The number of hydrogen-bond donors (Lipinski definition) is 1. The maximum absolute atomic E-state index is 5.83. The molecule has 0 saturated carbocycles. The van der Waals surface area contributed by atoms with E-state index in [1.807, 2.05) is 31.2 Å². The van der Waals surface area contributed by atoms with Gasteiger partial charge in [-0.05, 0) is 37.0 Å². The molecule has 0 radical (unpaired) electrons. The lowest BCUT2D eigenvalue weighted by Crippen LogP contribution is -2.09. The smallest absolute Gasteiger partial charge is 0.119 e. The molecular formula is C14H23NO. The first-order valence-electron chi connectivity index (χ1n) is 6.11. The van der Waals surface area contributed by atoms with Gasteiger partial charge in [-0.3, -0.25) is 0 Å². The van der Waals surface area contributed by atoms with Crippen molar-refractivity contribution in [3.63, 3.8) is 0 Å². The number of ether oxygens (including phenoxy) is 1. The SMILES string of the molecule is CCCC(C)COc1cccc([C@H](C)N)c1. The summed E-state index contributed by atoms with van der Waals surface area (Å²) >= 11 is 0. The largest absolute Gasteiger partial charge is 0.493 e. The van der Waals surface area contributed by atoms with Crippen LogP contribution in [0.3, 0.4) is 0 Å². The molecule has 2 atom stereocenters. The lowest BCUT2D eigenvalue weighted by atomic mass is 10.1. The lowest BCUT2D eigenvalue weighted by molar-refractivity contribution is 0.251. The predicted octanol–water partition coefficient (Wildman–Crippen LogP) is 3.52. The van der Waals surface area contributed by atoms with Gasteiger partial charge in [-0.25, -0.2) is 0 Å². The molecule has 2 heteroatoms. The van der Waals surface area contributed by atoms with Crippen LogP contribution in [0.5, 0.6) is 5.75 Å². The Hall–Kier alpha value is -1.02. The first kappa shape index (κ1) is 13.0. The summed E-state index contributed by atoms with van der Waals surface area (Å²) in [6, 6.07) is 8.12. The van der Waals surface area contributed by atoms with Crippen LogP contribution < -0.4 is 10.5 Å². The summed E-state index contributed by atoms with van der Waals surface area (Å²) in [7, 11) is 0. The van der Waals surface area contributed by atoms with Gasteiger partial charge < -0.3 is 10.5 Å². The summed E-state index contributed by atoms with van der Waals surface area (Å²) in [5.74, 6) is 1.54. The third-order valence-electron chi connectivity index (χ3n) is 2.70. The Morgan fingerprint density at radius 1 is 1.31 bits per heavy atom. The Morgan fingerprint density at radius 3 is 2.69 bits per heavy atom. The molecule has 0 saturated heterocycles. The highest BCUT2D eigenvalue weighted by Crippen LogP contribution is 2.18. The van der Waals surface area contributed by atoms with Crippen molar-refractivity contribution in [2.24, 2.45) is 11.7 Å². The van der Waals surface area contributed by atoms with Crippen LogP contribution in [-0.4, -0.2) is 6.61 Å². The molecule has 0 bridgehead atoms. The normalized spacial score (nSPS) is 14.5. The standard InChI is InChI=1S/C14H23NO/c1-4-6-11(2)10-16-14-8-5-7-13(9-14)12(3)15/h5,7-9,11-12H,4,6,10,15H2,1-3H3/t11?,12-/m0/s1. The van der Waals surface area contributed by atoms with E-state index in [9.17, 15) is 0 Å². The van der Waals surface area contributed by atoms with E-state index in [0.29, 0.717) is 5.92 Å². The van der Waals surface area contributed by atoms with Gasteiger partial charge >= 0.3 is 0 Å². The molecule has 0 aliphatic carbocycles. The molecule has 90 valence electrons. The van der Waals surface area contributed by atoms with Crippen LogP contribution in [0, 0.1) is 5.92 Å². The Labute approximate surface area is 98.8 Å². The fraction of sp³-hybridized carbons (Fsp3) is 0.571. The van der Waals surface area contributed by atoms with Crippen LogP contribution in [0.2, 0.25) is 0 Å². The van der Waals surface area contributed by atoms with Crippen molar-refractivity contribution in [3.05, 3.63) is 29.8 Å². The van der Waals surface area contributed by atoms with Crippen molar-refractivity contribution >= 4 is 0 Å². The van der Waals surface area contributed by atoms with Gasteiger partial charge in [0.25, 0.3) is 0 Å². The lowest BCUT2D eigenvalue weighted by Gasteiger charge is -2.13. The average Bonchev–Trinajstić information content (AvgIpc) is 2.27. The number of benzene rings is 1. The van der Waals surface area contributed by atoms with Gasteiger partial charge in [0.15, 0.2) is 0 Å². The van der Waals surface area contributed by atoms with Crippen molar-refractivity contribution in [1.82, 2.24) is 0 Å². The van der Waals surface area contributed by atoms with Crippen LogP contribution in [0.1, 0.15) is 45.2 Å². The molecule has 2 N–H and O–H groups in total. The molecule has 1 unspecified atom stereocenters. The molecule has 1 aromatic rings. The molecule has 0 fully saturated rings. The summed E-state index contributed by atoms with van der Waals surface area (Å²) in [4.78, 5) is 0. The molecule has 1 aromatic carbocycles. The van der Waals surface area contributed by atoms with Gasteiger partial charge in [-0.15, -0.1) is 0 Å². The second-order valence-electron chi connectivity index (χ2n) is 4.57. The van der Waals surface area contributed by atoms with Crippen molar-refractivity contribution in [1.29, 1.82) is 0 Å². The molecule has 0 aliphatic heterocycles. The number of hydrogen-bond acceptors (Lipinski definition) is 2. The molecule has 0 spiro atoms. The fourth-order valence-electron chi connectivity index (χ4n) is 1.70. The predicted molar refractivity (Wildman–Crippen MR) is 68.6 cm³/mol. The average molecular weight is 221 g/mol. The van der Waals surface area contributed by atoms with E-state index in [4.69, 9.17) is 10.5 Å². The van der Waals surface area contributed by atoms with Gasteiger partial charge in [0.1, 0.15) is 5.75 Å². The van der Waals surface area contributed by atoms with E-state index in [1.165, 1.54) is 12.8 Å². The van der Waals surface area contributed by atoms with E-state index in [2.05, 4.69) is 13.8 Å². The summed E-state index contributed by atoms with van der Waals surface area (Å²) in [6.07, 6.45) is 2.43. The second kappa shape index (κ2) is 6.54. The van der Waals surface area contributed by atoms with Crippen LogP contribution in [0.15, 0.2) is 24.3 Å². The molecule has 0 amide bonds. The van der Waals surface area contributed by atoms with Crippen LogP contribution in [0.25, 0.3) is 0 Å². The molecule has 0 aromatic heterocycles. The highest BCUT2D eigenvalue weighted by molar-refractivity contribution is 5.30. The van der Waals surface area contributed by atoms with E-state index in [0.717, 1.165) is 17.9 Å². The summed E-state index contributed by atoms with van der Waals surface area (Å²) in [6.45, 7) is 7.20. The Bertz CT molecular complexity index is 309. The van der Waals surface area contributed by atoms with Crippen molar-refractivity contribution in [2.45, 2.75) is 39.7 Å². The van der Waals surface area contributed by atoms with Gasteiger partial charge in [0, 0.05) is 6.04 Å². The fourth-order valence-corrected chi connectivity index (χ4v) is 1.70. The van der Waals surface area contributed by atoms with E-state index < -0.39 is 0 Å². The second-order valence-corrected chi connectivity index (χ2v) is 4.57. The highest BCUT2D eigenvalue weighted by Gasteiger charge is 2.04. The molecule has 2 nitrogen and oxygen atoms in total. The molecule has 0 heterocycles. The molecule has 0 aliphatic rings. The zero-order valence-corrected chi connectivity index (χ0v) is 10.6. The van der Waals surface area contributed by atoms with Crippen LogP contribution >= 0.6 is 0 Å². The Morgan fingerprint density at radius 2 is 2.06 bits per heavy atom. The Kier molecular flexibility index (Phi) is 5.33. The first-order chi connectivity index (χ1) is 7.63. The van der Waals surface area contributed by atoms with Crippen molar-refractivity contribution in [2.75, 3.05) is 6.61 Å². The van der Waals surface area contributed by atoms with Gasteiger partial charge in [0.05, 0.1) is 6.61 Å². The van der Waals surface area contributed by atoms with E-state index in [-0.39, 0.29) is 6.04 Å². The molecule has 1 rings (SSSR count). The minimum absolute atomic E-state index is 0.0663. The first-order valence-corrected chi connectivity index (χ1v) is 6.11. The zero-order valence-electron chi connectivity index (χ0n) is 10.6. The summed E-state index contributed by atoms with van der Waals surface area (Å²) < 4.78 is 5.76. The van der Waals surface area contributed by atoms with Crippen molar-refractivity contribution in [3.8, 4) is 5.75 Å². The third kappa shape index (κ3) is 4.23.